The molecule has 0 amide bonds. The third-order valence-electron chi connectivity index (χ3n) is 4.40. The highest BCUT2D eigenvalue weighted by atomic mass is 32.2. The Bertz CT molecular complexity index is 1100. The second-order valence-corrected chi connectivity index (χ2v) is 8.43. The van der Waals surface area contributed by atoms with Crippen LogP contribution in [0, 0.1) is 11.3 Å². The van der Waals surface area contributed by atoms with Gasteiger partial charge in [-0.2, -0.15) is 5.26 Å². The molecule has 0 radical (unpaired) electrons. The molecule has 2 aromatic carbocycles. The second-order valence-electron chi connectivity index (χ2n) is 6.42. The van der Waals surface area contributed by atoms with E-state index in [2.05, 4.69) is 34.3 Å². The normalized spacial score (nSPS) is 12.2. The molecule has 0 bridgehead atoms. The molecule has 0 fully saturated rings. The summed E-state index contributed by atoms with van der Waals surface area (Å²) in [5.41, 5.74) is 3.20. The maximum absolute atomic E-state index is 12.0. The molecule has 0 saturated heterocycles. The maximum Gasteiger partial charge on any atom is 0.175 e. The number of rotatable bonds is 6. The number of hydrogen-bond donors (Lipinski definition) is 1. The van der Waals surface area contributed by atoms with Gasteiger partial charge in [0.1, 0.15) is 11.9 Å². The average Bonchev–Trinajstić information content (AvgIpc) is 2.72. The molecule has 1 N–H and O–H groups in total. The van der Waals surface area contributed by atoms with Crippen molar-refractivity contribution in [3.05, 3.63) is 83.3 Å². The van der Waals surface area contributed by atoms with Crippen molar-refractivity contribution in [3.63, 3.8) is 0 Å². The summed E-state index contributed by atoms with van der Waals surface area (Å²) in [6.45, 7) is 2.09. The molecule has 3 rings (SSSR count). The molecular formula is C21H20N4O2S. The van der Waals surface area contributed by atoms with E-state index in [0.717, 1.165) is 17.5 Å². The van der Waals surface area contributed by atoms with E-state index in [-0.39, 0.29) is 16.6 Å². The first-order valence-electron chi connectivity index (χ1n) is 8.78. The van der Waals surface area contributed by atoms with Crippen molar-refractivity contribution >= 4 is 15.7 Å². The van der Waals surface area contributed by atoms with Crippen LogP contribution in [0.2, 0.25) is 0 Å². The lowest BCUT2D eigenvalue weighted by Crippen LogP contribution is -2.14. The van der Waals surface area contributed by atoms with Crippen LogP contribution >= 0.6 is 0 Å². The van der Waals surface area contributed by atoms with Crippen molar-refractivity contribution in [2.45, 2.75) is 24.3 Å². The summed E-state index contributed by atoms with van der Waals surface area (Å²) in [6, 6.07) is 16.6. The summed E-state index contributed by atoms with van der Waals surface area (Å²) in [7, 11) is -3.33. The number of aryl methyl sites for hydroxylation is 1. The van der Waals surface area contributed by atoms with E-state index in [0.29, 0.717) is 5.82 Å². The van der Waals surface area contributed by atoms with Gasteiger partial charge in [0.25, 0.3) is 0 Å². The minimum absolute atomic E-state index is 0.230. The van der Waals surface area contributed by atoms with Crippen LogP contribution in [0.15, 0.2) is 65.8 Å². The summed E-state index contributed by atoms with van der Waals surface area (Å²) in [5, 5.41) is 12.2. The lowest BCUT2D eigenvalue weighted by molar-refractivity contribution is 0.601. The Morgan fingerprint density at radius 1 is 1.07 bits per heavy atom. The Labute approximate surface area is 164 Å². The molecule has 1 unspecified atom stereocenters. The fourth-order valence-electron chi connectivity index (χ4n) is 2.84. The van der Waals surface area contributed by atoms with E-state index in [9.17, 15) is 8.42 Å². The lowest BCUT2D eigenvalue weighted by atomic mass is 9.97. The van der Waals surface area contributed by atoms with Crippen LogP contribution in [-0.2, 0) is 16.3 Å². The Morgan fingerprint density at radius 3 is 2.39 bits per heavy atom. The number of nitrogens with zero attached hydrogens (tertiary/aromatic N) is 3. The van der Waals surface area contributed by atoms with Gasteiger partial charge in [0, 0.05) is 6.26 Å². The molecule has 1 atom stereocenters. The number of benzene rings is 2. The fraction of sp³-hybridized carbons (Fsp3) is 0.190. The Kier molecular flexibility index (Phi) is 5.71. The Hall–Kier alpha value is -3.24. The van der Waals surface area contributed by atoms with Crippen LogP contribution in [0.5, 0.6) is 0 Å². The molecule has 3 aromatic rings. The molecular weight excluding hydrogens is 372 g/mol. The van der Waals surface area contributed by atoms with Gasteiger partial charge in [-0.1, -0.05) is 43.3 Å². The zero-order valence-electron chi connectivity index (χ0n) is 15.6. The van der Waals surface area contributed by atoms with Gasteiger partial charge >= 0.3 is 0 Å². The molecule has 0 aliphatic heterocycles. The van der Waals surface area contributed by atoms with Crippen molar-refractivity contribution in [2.24, 2.45) is 0 Å². The summed E-state index contributed by atoms with van der Waals surface area (Å²) >= 11 is 0. The van der Waals surface area contributed by atoms with E-state index in [1.54, 1.807) is 18.2 Å². The van der Waals surface area contributed by atoms with Crippen LogP contribution in [0.25, 0.3) is 0 Å². The van der Waals surface area contributed by atoms with E-state index in [1.165, 1.54) is 24.2 Å². The topological polar surface area (TPSA) is 95.7 Å². The summed E-state index contributed by atoms with van der Waals surface area (Å²) < 4.78 is 24.0. The maximum atomic E-state index is 12.0. The highest BCUT2D eigenvalue weighted by Crippen LogP contribution is 2.28. The minimum atomic E-state index is -3.33. The van der Waals surface area contributed by atoms with Crippen molar-refractivity contribution in [2.75, 3.05) is 11.6 Å². The summed E-state index contributed by atoms with van der Waals surface area (Å²) in [5.74, 6) is 0.494. The third kappa shape index (κ3) is 4.53. The Balaban J connectivity index is 2.04. The third-order valence-corrected chi connectivity index (χ3v) is 5.51. The largest absolute Gasteiger partial charge is 0.358 e. The second kappa shape index (κ2) is 8.19. The van der Waals surface area contributed by atoms with Crippen LogP contribution < -0.4 is 5.32 Å². The molecule has 0 saturated carbocycles. The van der Waals surface area contributed by atoms with Gasteiger partial charge < -0.3 is 5.32 Å². The highest BCUT2D eigenvalue weighted by Gasteiger charge is 2.17. The zero-order chi connectivity index (χ0) is 20.1. The van der Waals surface area contributed by atoms with E-state index < -0.39 is 9.84 Å². The SMILES string of the molecule is CCc1ccc(C(Nc2cnc(C#N)cn2)c2cccc(S(C)(=O)=O)c2)cc1. The van der Waals surface area contributed by atoms with E-state index in [4.69, 9.17) is 5.26 Å². The van der Waals surface area contributed by atoms with Gasteiger partial charge in [-0.25, -0.2) is 18.4 Å². The lowest BCUT2D eigenvalue weighted by Gasteiger charge is -2.21. The van der Waals surface area contributed by atoms with E-state index in [1.807, 2.05) is 24.3 Å². The van der Waals surface area contributed by atoms with Crippen molar-refractivity contribution in [3.8, 4) is 6.07 Å². The van der Waals surface area contributed by atoms with Crippen LogP contribution in [0.1, 0.15) is 35.3 Å². The molecule has 7 heteroatoms. The fourth-order valence-corrected chi connectivity index (χ4v) is 3.51. The van der Waals surface area contributed by atoms with Crippen molar-refractivity contribution in [1.82, 2.24) is 9.97 Å². The summed E-state index contributed by atoms with van der Waals surface area (Å²) in [4.78, 5) is 8.53. The van der Waals surface area contributed by atoms with Gasteiger partial charge in [-0.05, 0) is 35.2 Å². The van der Waals surface area contributed by atoms with Crippen molar-refractivity contribution in [1.29, 1.82) is 5.26 Å². The van der Waals surface area contributed by atoms with E-state index >= 15 is 0 Å². The number of sulfone groups is 1. The predicted molar refractivity (Wildman–Crippen MR) is 108 cm³/mol. The first-order chi connectivity index (χ1) is 13.4. The number of aromatic nitrogens is 2. The monoisotopic (exact) mass is 392 g/mol. The van der Waals surface area contributed by atoms with Gasteiger partial charge in [-0.3, -0.25) is 0 Å². The molecule has 0 spiro atoms. The first-order valence-corrected chi connectivity index (χ1v) is 10.7. The molecule has 1 heterocycles. The number of nitriles is 1. The first kappa shape index (κ1) is 19.5. The molecule has 1 aromatic heterocycles. The molecule has 0 aliphatic carbocycles. The molecule has 6 nitrogen and oxygen atoms in total. The number of hydrogen-bond acceptors (Lipinski definition) is 6. The van der Waals surface area contributed by atoms with Crippen LogP contribution in [0.3, 0.4) is 0 Å². The zero-order valence-corrected chi connectivity index (χ0v) is 16.4. The molecule has 28 heavy (non-hydrogen) atoms. The average molecular weight is 392 g/mol. The number of anilines is 1. The number of nitrogens with one attached hydrogen (secondary N) is 1. The standard InChI is InChI=1S/C21H20N4O2S/c1-3-15-7-9-16(10-8-15)21(25-20-14-23-18(12-22)13-24-20)17-5-4-6-19(11-17)28(2,26)27/h4-11,13-14,21H,3H2,1-2H3,(H,24,25). The molecule has 0 aliphatic rings. The minimum Gasteiger partial charge on any atom is -0.358 e. The van der Waals surface area contributed by atoms with Gasteiger partial charge in [0.05, 0.1) is 23.3 Å². The summed E-state index contributed by atoms with van der Waals surface area (Å²) in [6.07, 6.45) is 5.01. The smallest absolute Gasteiger partial charge is 0.175 e. The van der Waals surface area contributed by atoms with Gasteiger partial charge in [0.15, 0.2) is 15.5 Å². The molecule has 142 valence electrons. The van der Waals surface area contributed by atoms with Crippen LogP contribution in [-0.4, -0.2) is 24.6 Å². The highest BCUT2D eigenvalue weighted by molar-refractivity contribution is 7.90. The van der Waals surface area contributed by atoms with Gasteiger partial charge in [-0.15, -0.1) is 0 Å². The van der Waals surface area contributed by atoms with Crippen LogP contribution in [0.4, 0.5) is 5.82 Å². The van der Waals surface area contributed by atoms with Gasteiger partial charge in [0.2, 0.25) is 0 Å². The predicted octanol–water partition coefficient (Wildman–Crippen LogP) is 3.52. The van der Waals surface area contributed by atoms with Crippen molar-refractivity contribution < 1.29 is 8.42 Å². The Morgan fingerprint density at radius 2 is 1.82 bits per heavy atom. The quantitative estimate of drug-likeness (QED) is 0.690.